The first kappa shape index (κ1) is 15.1. The van der Waals surface area contributed by atoms with Crippen LogP contribution in [0.2, 0.25) is 0 Å². The van der Waals surface area contributed by atoms with Gasteiger partial charge in [0.25, 0.3) is 0 Å². The van der Waals surface area contributed by atoms with Gasteiger partial charge in [-0.3, -0.25) is 9.59 Å². The summed E-state index contributed by atoms with van der Waals surface area (Å²) in [5, 5.41) is 3.17. The van der Waals surface area contributed by atoms with Crippen molar-refractivity contribution < 1.29 is 9.59 Å². The van der Waals surface area contributed by atoms with Crippen molar-refractivity contribution >= 4 is 11.8 Å². The number of piperidine rings is 1. The Labute approximate surface area is 131 Å². The van der Waals surface area contributed by atoms with E-state index >= 15 is 0 Å². The monoisotopic (exact) mass is 300 g/mol. The van der Waals surface area contributed by atoms with E-state index in [1.165, 1.54) is 6.42 Å². The van der Waals surface area contributed by atoms with Gasteiger partial charge in [-0.1, -0.05) is 30.3 Å². The van der Waals surface area contributed by atoms with Crippen LogP contribution in [0.5, 0.6) is 0 Å². The second-order valence-corrected chi connectivity index (χ2v) is 6.32. The van der Waals surface area contributed by atoms with Crippen molar-refractivity contribution in [2.24, 2.45) is 5.92 Å². The van der Waals surface area contributed by atoms with Crippen LogP contribution in [0.4, 0.5) is 0 Å². The predicted octanol–water partition coefficient (Wildman–Crippen LogP) is 2.65. The van der Waals surface area contributed by atoms with Gasteiger partial charge in [-0.05, 0) is 38.2 Å². The lowest BCUT2D eigenvalue weighted by atomic mass is 9.82. The van der Waals surface area contributed by atoms with Crippen molar-refractivity contribution in [1.29, 1.82) is 0 Å². The molecule has 2 atom stereocenters. The molecule has 2 amide bonds. The number of nitrogens with zero attached hydrogens (tertiary/aromatic N) is 1. The van der Waals surface area contributed by atoms with Crippen LogP contribution in [0.1, 0.15) is 50.6 Å². The molecule has 1 aromatic carbocycles. The summed E-state index contributed by atoms with van der Waals surface area (Å²) < 4.78 is 0. The lowest BCUT2D eigenvalue weighted by molar-refractivity contribution is -0.143. The van der Waals surface area contributed by atoms with Gasteiger partial charge in [-0.25, -0.2) is 0 Å². The predicted molar refractivity (Wildman–Crippen MR) is 85.1 cm³/mol. The maximum Gasteiger partial charge on any atom is 0.225 e. The largest absolute Gasteiger partial charge is 0.353 e. The Bertz CT molecular complexity index is 539. The van der Waals surface area contributed by atoms with Crippen molar-refractivity contribution in [3.8, 4) is 0 Å². The first-order valence-electron chi connectivity index (χ1n) is 8.35. The highest BCUT2D eigenvalue weighted by Crippen LogP contribution is 2.37. The molecule has 4 heteroatoms. The van der Waals surface area contributed by atoms with E-state index in [2.05, 4.69) is 5.32 Å². The van der Waals surface area contributed by atoms with Crippen molar-refractivity contribution in [2.45, 2.75) is 51.1 Å². The molecule has 1 aromatic rings. The molecule has 0 spiro atoms. The molecule has 0 bridgehead atoms. The number of hydrogen-bond donors (Lipinski definition) is 1. The second kappa shape index (κ2) is 6.51. The smallest absolute Gasteiger partial charge is 0.225 e. The molecular formula is C18H24N2O2. The van der Waals surface area contributed by atoms with Gasteiger partial charge in [0, 0.05) is 19.0 Å². The molecule has 2 fully saturated rings. The first-order chi connectivity index (χ1) is 10.7. The fraction of sp³-hybridized carbons (Fsp3) is 0.556. The summed E-state index contributed by atoms with van der Waals surface area (Å²) in [6.45, 7) is 2.63. The lowest BCUT2D eigenvalue weighted by Gasteiger charge is -2.41. The van der Waals surface area contributed by atoms with E-state index in [1.807, 2.05) is 42.2 Å². The maximum absolute atomic E-state index is 12.7. The average molecular weight is 300 g/mol. The molecule has 118 valence electrons. The molecular weight excluding hydrogens is 276 g/mol. The van der Waals surface area contributed by atoms with E-state index in [0.29, 0.717) is 25.4 Å². The third kappa shape index (κ3) is 2.87. The van der Waals surface area contributed by atoms with Gasteiger partial charge in [0.05, 0.1) is 12.0 Å². The van der Waals surface area contributed by atoms with E-state index < -0.39 is 0 Å². The first-order valence-corrected chi connectivity index (χ1v) is 8.35. The number of benzene rings is 1. The van der Waals surface area contributed by atoms with Gasteiger partial charge in [0.15, 0.2) is 0 Å². The molecule has 1 saturated carbocycles. The molecule has 2 aliphatic rings. The van der Waals surface area contributed by atoms with Gasteiger partial charge in [-0.15, -0.1) is 0 Å². The van der Waals surface area contributed by atoms with Crippen molar-refractivity contribution in [1.82, 2.24) is 10.2 Å². The number of nitrogens with one attached hydrogen (secondary N) is 1. The molecule has 1 aliphatic carbocycles. The summed E-state index contributed by atoms with van der Waals surface area (Å²) in [6, 6.07) is 10.2. The van der Waals surface area contributed by atoms with Crippen LogP contribution < -0.4 is 5.32 Å². The summed E-state index contributed by atoms with van der Waals surface area (Å²) in [4.78, 5) is 26.8. The number of amides is 2. The van der Waals surface area contributed by atoms with Crippen LogP contribution in [-0.4, -0.2) is 29.3 Å². The van der Waals surface area contributed by atoms with Crippen LogP contribution in [0.25, 0.3) is 0 Å². The standard InChI is InChI=1S/C18H24N2O2/c1-2-20-16(21)12-11-15(18(22)19-14-9-6-10-14)17(20)13-7-4-3-5-8-13/h3-5,7-8,14-15,17H,2,6,9-12H2,1H3,(H,19,22)/t15-,17+/m1/s1. The maximum atomic E-state index is 12.7. The fourth-order valence-electron chi connectivity index (χ4n) is 3.52. The molecule has 22 heavy (non-hydrogen) atoms. The topological polar surface area (TPSA) is 49.4 Å². The minimum atomic E-state index is -0.138. The highest BCUT2D eigenvalue weighted by atomic mass is 16.2. The second-order valence-electron chi connectivity index (χ2n) is 6.32. The van der Waals surface area contributed by atoms with Crippen LogP contribution in [0.3, 0.4) is 0 Å². The van der Waals surface area contributed by atoms with Crippen molar-refractivity contribution in [3.63, 3.8) is 0 Å². The van der Waals surface area contributed by atoms with Crippen molar-refractivity contribution in [2.75, 3.05) is 6.54 Å². The minimum absolute atomic E-state index is 0.115. The molecule has 3 rings (SSSR count). The zero-order valence-electron chi connectivity index (χ0n) is 13.1. The van der Waals surface area contributed by atoms with Crippen LogP contribution in [-0.2, 0) is 9.59 Å². The summed E-state index contributed by atoms with van der Waals surface area (Å²) in [7, 11) is 0. The minimum Gasteiger partial charge on any atom is -0.353 e. The van der Waals surface area contributed by atoms with Gasteiger partial charge < -0.3 is 10.2 Å². The summed E-state index contributed by atoms with van der Waals surface area (Å²) in [6.07, 6.45) is 4.50. The molecule has 1 aliphatic heterocycles. The van der Waals surface area contributed by atoms with Crippen molar-refractivity contribution in [3.05, 3.63) is 35.9 Å². The van der Waals surface area contributed by atoms with E-state index in [9.17, 15) is 9.59 Å². The zero-order valence-corrected chi connectivity index (χ0v) is 13.1. The van der Waals surface area contributed by atoms with E-state index in [0.717, 1.165) is 18.4 Å². The number of hydrogen-bond acceptors (Lipinski definition) is 2. The zero-order chi connectivity index (χ0) is 15.5. The highest BCUT2D eigenvalue weighted by Gasteiger charge is 2.40. The third-order valence-corrected chi connectivity index (χ3v) is 4.98. The van der Waals surface area contributed by atoms with Gasteiger partial charge >= 0.3 is 0 Å². The lowest BCUT2D eigenvalue weighted by Crippen LogP contribution is -2.50. The van der Waals surface area contributed by atoms with Crippen LogP contribution in [0.15, 0.2) is 30.3 Å². The molecule has 1 heterocycles. The molecule has 0 radical (unpaired) electrons. The van der Waals surface area contributed by atoms with Gasteiger partial charge in [0.2, 0.25) is 11.8 Å². The Balaban J connectivity index is 1.85. The van der Waals surface area contributed by atoms with E-state index in [-0.39, 0.29) is 23.8 Å². The fourth-order valence-corrected chi connectivity index (χ4v) is 3.52. The Morgan fingerprint density at radius 1 is 1.23 bits per heavy atom. The van der Waals surface area contributed by atoms with Crippen LogP contribution in [0, 0.1) is 5.92 Å². The summed E-state index contributed by atoms with van der Waals surface area (Å²) >= 11 is 0. The Kier molecular flexibility index (Phi) is 4.46. The number of likely N-dealkylation sites (tertiary alicyclic amines) is 1. The summed E-state index contributed by atoms with van der Waals surface area (Å²) in [5.74, 6) is 0.134. The van der Waals surface area contributed by atoms with E-state index in [4.69, 9.17) is 0 Å². The Hall–Kier alpha value is -1.84. The number of carbonyl (C=O) groups excluding carboxylic acids is 2. The van der Waals surface area contributed by atoms with Crippen LogP contribution >= 0.6 is 0 Å². The Morgan fingerprint density at radius 3 is 2.55 bits per heavy atom. The average Bonchev–Trinajstić information content (AvgIpc) is 2.51. The van der Waals surface area contributed by atoms with Gasteiger partial charge in [-0.2, -0.15) is 0 Å². The number of carbonyl (C=O) groups is 2. The quantitative estimate of drug-likeness (QED) is 0.929. The molecule has 1 saturated heterocycles. The SMILES string of the molecule is CCN1C(=O)CC[C@@H](C(=O)NC2CCC2)[C@@H]1c1ccccc1. The summed E-state index contributed by atoms with van der Waals surface area (Å²) in [5.41, 5.74) is 1.06. The molecule has 0 aromatic heterocycles. The Morgan fingerprint density at radius 2 is 1.95 bits per heavy atom. The number of rotatable bonds is 4. The molecule has 1 N–H and O–H groups in total. The normalized spacial score (nSPS) is 25.7. The van der Waals surface area contributed by atoms with E-state index in [1.54, 1.807) is 0 Å². The van der Waals surface area contributed by atoms with Gasteiger partial charge in [0.1, 0.15) is 0 Å². The highest BCUT2D eigenvalue weighted by molar-refractivity contribution is 5.85. The molecule has 4 nitrogen and oxygen atoms in total. The molecule has 0 unspecified atom stereocenters. The third-order valence-electron chi connectivity index (χ3n) is 4.98.